The second-order valence-corrected chi connectivity index (χ2v) is 7.07. The Bertz CT molecular complexity index is 1030. The van der Waals surface area contributed by atoms with Crippen LogP contribution in [0.25, 0.3) is 11.3 Å². The Kier molecular flexibility index (Phi) is 6.18. The van der Waals surface area contributed by atoms with Crippen LogP contribution < -0.4 is 10.6 Å². The molecule has 1 fully saturated rings. The van der Waals surface area contributed by atoms with Gasteiger partial charge < -0.3 is 15.5 Å². The molecule has 2 aromatic rings. The maximum atomic E-state index is 12.3. The summed E-state index contributed by atoms with van der Waals surface area (Å²) in [5.74, 6) is 0.0781. The molecule has 1 aliphatic carbocycles. The van der Waals surface area contributed by atoms with Gasteiger partial charge in [0.15, 0.2) is 11.5 Å². The molecule has 2 aromatic heterocycles. The molecule has 1 aliphatic rings. The SMILES string of the molecule is CN(C)C(=O)C(CC#N)Nc1cc(-c2cnc(NC(=O)C3CC3)cn2)cnc1C#N. The zero-order chi connectivity index (χ0) is 21.7. The number of likely N-dealkylation sites (N-methyl/N-ethyl adjacent to an activating group) is 1. The fraction of sp³-hybridized carbons (Fsp3) is 0.350. The van der Waals surface area contributed by atoms with Gasteiger partial charge in [-0.1, -0.05) is 0 Å². The van der Waals surface area contributed by atoms with Gasteiger partial charge in [0, 0.05) is 31.8 Å². The molecule has 0 spiro atoms. The van der Waals surface area contributed by atoms with Crippen molar-refractivity contribution < 1.29 is 9.59 Å². The van der Waals surface area contributed by atoms with Gasteiger partial charge in [0.25, 0.3) is 0 Å². The first-order chi connectivity index (χ1) is 14.4. The van der Waals surface area contributed by atoms with Crippen molar-refractivity contribution in [2.75, 3.05) is 24.7 Å². The highest BCUT2D eigenvalue weighted by Gasteiger charge is 2.29. The molecule has 0 saturated heterocycles. The fourth-order valence-electron chi connectivity index (χ4n) is 2.71. The Morgan fingerprint density at radius 2 is 1.97 bits per heavy atom. The van der Waals surface area contributed by atoms with Crippen LogP contribution in [-0.2, 0) is 9.59 Å². The van der Waals surface area contributed by atoms with Crippen LogP contribution in [0.3, 0.4) is 0 Å². The minimum atomic E-state index is -0.819. The van der Waals surface area contributed by atoms with Crippen molar-refractivity contribution in [3.63, 3.8) is 0 Å². The molecule has 0 aromatic carbocycles. The standard InChI is InChI=1S/C20H20N8O2/c1-28(2)20(30)14(5-6-21)26-15-7-13(9-23-16(15)8-22)17-10-25-18(11-24-17)27-19(29)12-3-4-12/h7,9-12,14,26H,3-5H2,1-2H3,(H,25,27,29). The van der Waals surface area contributed by atoms with Gasteiger partial charge in [-0.05, 0) is 18.9 Å². The van der Waals surface area contributed by atoms with Crippen LogP contribution in [-0.4, -0.2) is 51.8 Å². The minimum Gasteiger partial charge on any atom is -0.370 e. The van der Waals surface area contributed by atoms with Crippen LogP contribution in [0.15, 0.2) is 24.7 Å². The van der Waals surface area contributed by atoms with Crippen molar-refractivity contribution in [2.45, 2.75) is 25.3 Å². The second-order valence-electron chi connectivity index (χ2n) is 7.07. The van der Waals surface area contributed by atoms with Crippen molar-refractivity contribution >= 4 is 23.3 Å². The summed E-state index contributed by atoms with van der Waals surface area (Å²) < 4.78 is 0. The van der Waals surface area contributed by atoms with E-state index >= 15 is 0 Å². The van der Waals surface area contributed by atoms with E-state index in [2.05, 4.69) is 25.6 Å². The average molecular weight is 404 g/mol. The zero-order valence-corrected chi connectivity index (χ0v) is 16.6. The van der Waals surface area contributed by atoms with Gasteiger partial charge in [0.05, 0.1) is 36.3 Å². The molecule has 30 heavy (non-hydrogen) atoms. The molecule has 1 atom stereocenters. The summed E-state index contributed by atoms with van der Waals surface area (Å²) >= 11 is 0. The van der Waals surface area contributed by atoms with Crippen LogP contribution in [0.4, 0.5) is 11.5 Å². The van der Waals surface area contributed by atoms with E-state index < -0.39 is 6.04 Å². The highest BCUT2D eigenvalue weighted by Crippen LogP contribution is 2.30. The van der Waals surface area contributed by atoms with E-state index in [-0.39, 0.29) is 29.8 Å². The molecule has 0 aliphatic heterocycles. The molecule has 3 rings (SSSR count). The Labute approximate surface area is 173 Å². The van der Waals surface area contributed by atoms with E-state index in [1.807, 2.05) is 12.1 Å². The summed E-state index contributed by atoms with van der Waals surface area (Å²) in [5.41, 5.74) is 1.46. The van der Waals surface area contributed by atoms with Gasteiger partial charge >= 0.3 is 0 Å². The summed E-state index contributed by atoms with van der Waals surface area (Å²) in [6.07, 6.45) is 6.15. The molecule has 1 saturated carbocycles. The number of nitriles is 2. The van der Waals surface area contributed by atoms with E-state index in [4.69, 9.17) is 5.26 Å². The topological polar surface area (TPSA) is 148 Å². The highest BCUT2D eigenvalue weighted by atomic mass is 16.2. The van der Waals surface area contributed by atoms with Crippen LogP contribution in [0.1, 0.15) is 25.0 Å². The molecule has 152 valence electrons. The van der Waals surface area contributed by atoms with E-state index in [0.717, 1.165) is 12.8 Å². The lowest BCUT2D eigenvalue weighted by molar-refractivity contribution is -0.129. The van der Waals surface area contributed by atoms with Crippen molar-refractivity contribution in [1.82, 2.24) is 19.9 Å². The van der Waals surface area contributed by atoms with Crippen molar-refractivity contribution in [3.8, 4) is 23.4 Å². The lowest BCUT2D eigenvalue weighted by Crippen LogP contribution is -2.38. The van der Waals surface area contributed by atoms with Crippen molar-refractivity contribution in [2.24, 2.45) is 5.92 Å². The zero-order valence-electron chi connectivity index (χ0n) is 16.6. The second kappa shape index (κ2) is 8.97. The first-order valence-corrected chi connectivity index (χ1v) is 9.31. The molecule has 0 bridgehead atoms. The predicted molar refractivity (Wildman–Crippen MR) is 108 cm³/mol. The first kappa shape index (κ1) is 20.7. The Hall–Kier alpha value is -4.05. The average Bonchev–Trinajstić information content (AvgIpc) is 3.59. The molecule has 10 heteroatoms. The number of nitrogens with zero attached hydrogens (tertiary/aromatic N) is 6. The van der Waals surface area contributed by atoms with Crippen LogP contribution in [0, 0.1) is 28.6 Å². The number of amides is 2. The van der Waals surface area contributed by atoms with Gasteiger partial charge in [-0.25, -0.2) is 9.97 Å². The molecule has 0 radical (unpaired) electrons. The van der Waals surface area contributed by atoms with Crippen LogP contribution in [0.2, 0.25) is 0 Å². The molecule has 2 N–H and O–H groups in total. The van der Waals surface area contributed by atoms with Gasteiger partial charge in [-0.2, -0.15) is 10.5 Å². The maximum Gasteiger partial charge on any atom is 0.245 e. The molecule has 10 nitrogen and oxygen atoms in total. The van der Waals surface area contributed by atoms with Crippen molar-refractivity contribution in [1.29, 1.82) is 10.5 Å². The maximum absolute atomic E-state index is 12.3. The quantitative estimate of drug-likeness (QED) is 0.706. The van der Waals surface area contributed by atoms with E-state index in [1.54, 1.807) is 20.2 Å². The van der Waals surface area contributed by atoms with Gasteiger partial charge in [0.2, 0.25) is 11.8 Å². The number of pyridine rings is 1. The lowest BCUT2D eigenvalue weighted by Gasteiger charge is -2.21. The third kappa shape index (κ3) is 4.86. The van der Waals surface area contributed by atoms with Gasteiger partial charge in [0.1, 0.15) is 12.1 Å². The number of nitrogens with one attached hydrogen (secondary N) is 2. The monoisotopic (exact) mass is 404 g/mol. The summed E-state index contributed by atoms with van der Waals surface area (Å²) in [6, 6.07) is 4.75. The lowest BCUT2D eigenvalue weighted by atomic mass is 10.1. The normalized spacial score (nSPS) is 13.5. The molecular formula is C20H20N8O2. The van der Waals surface area contributed by atoms with Crippen LogP contribution >= 0.6 is 0 Å². The predicted octanol–water partition coefficient (Wildman–Crippen LogP) is 1.54. The summed E-state index contributed by atoms with van der Waals surface area (Å²) in [7, 11) is 3.18. The number of carbonyl (C=O) groups is 2. The summed E-state index contributed by atoms with van der Waals surface area (Å²) in [4.78, 5) is 38.2. The van der Waals surface area contributed by atoms with E-state index in [0.29, 0.717) is 22.8 Å². The Morgan fingerprint density at radius 1 is 1.20 bits per heavy atom. The molecule has 2 heterocycles. The van der Waals surface area contributed by atoms with Crippen molar-refractivity contribution in [3.05, 3.63) is 30.4 Å². The Morgan fingerprint density at radius 3 is 2.53 bits per heavy atom. The number of carbonyl (C=O) groups excluding carboxylic acids is 2. The number of anilines is 2. The third-order valence-corrected chi connectivity index (χ3v) is 4.50. The number of rotatable bonds is 7. The minimum absolute atomic E-state index is 0.0577. The fourth-order valence-corrected chi connectivity index (χ4v) is 2.71. The highest BCUT2D eigenvalue weighted by molar-refractivity contribution is 5.93. The molecular weight excluding hydrogens is 384 g/mol. The Balaban J connectivity index is 1.83. The number of hydrogen-bond acceptors (Lipinski definition) is 8. The first-order valence-electron chi connectivity index (χ1n) is 9.31. The number of hydrogen-bond donors (Lipinski definition) is 2. The molecule has 1 unspecified atom stereocenters. The summed E-state index contributed by atoms with van der Waals surface area (Å²) in [6.45, 7) is 0. The number of aromatic nitrogens is 3. The van der Waals surface area contributed by atoms with E-state index in [9.17, 15) is 14.9 Å². The van der Waals surface area contributed by atoms with Crippen LogP contribution in [0.5, 0.6) is 0 Å². The summed E-state index contributed by atoms with van der Waals surface area (Å²) in [5, 5.41) is 24.1. The van der Waals surface area contributed by atoms with E-state index in [1.165, 1.54) is 23.5 Å². The van der Waals surface area contributed by atoms with Gasteiger partial charge in [-0.3, -0.25) is 14.6 Å². The third-order valence-electron chi connectivity index (χ3n) is 4.50. The smallest absolute Gasteiger partial charge is 0.245 e. The largest absolute Gasteiger partial charge is 0.370 e. The van der Waals surface area contributed by atoms with Gasteiger partial charge in [-0.15, -0.1) is 0 Å². The molecule has 2 amide bonds.